The second kappa shape index (κ2) is 5.99. The maximum Gasteiger partial charge on any atom is 0.223 e. The molecule has 0 radical (unpaired) electrons. The molecule has 5 heteroatoms. The molecule has 5 nitrogen and oxygen atoms in total. The predicted molar refractivity (Wildman–Crippen MR) is 68.2 cm³/mol. The Bertz CT molecular complexity index is 278. The highest BCUT2D eigenvalue weighted by atomic mass is 16.7. The van der Waals surface area contributed by atoms with Gasteiger partial charge in [0, 0.05) is 26.1 Å². The van der Waals surface area contributed by atoms with Gasteiger partial charge >= 0.3 is 0 Å². The van der Waals surface area contributed by atoms with Crippen LogP contribution in [0.4, 0.5) is 0 Å². The molecular weight excluding hydrogens is 232 g/mol. The van der Waals surface area contributed by atoms with Crippen LogP contribution in [0.25, 0.3) is 0 Å². The van der Waals surface area contributed by atoms with E-state index in [1.54, 1.807) is 0 Å². The van der Waals surface area contributed by atoms with Crippen LogP contribution in [0.5, 0.6) is 0 Å². The Morgan fingerprint density at radius 2 is 1.89 bits per heavy atom. The average Bonchev–Trinajstić information content (AvgIpc) is 2.85. The molecule has 2 aliphatic heterocycles. The van der Waals surface area contributed by atoms with Crippen LogP contribution < -0.4 is 5.32 Å². The Balaban J connectivity index is 1.59. The van der Waals surface area contributed by atoms with Crippen LogP contribution in [-0.2, 0) is 14.3 Å². The quantitative estimate of drug-likeness (QED) is 0.806. The summed E-state index contributed by atoms with van der Waals surface area (Å²) in [6.07, 6.45) is 2.87. The van der Waals surface area contributed by atoms with E-state index < -0.39 is 5.79 Å². The van der Waals surface area contributed by atoms with Crippen LogP contribution in [0.2, 0.25) is 0 Å². The zero-order valence-corrected chi connectivity index (χ0v) is 11.4. The maximum atomic E-state index is 11.8. The summed E-state index contributed by atoms with van der Waals surface area (Å²) in [5.41, 5.74) is 0. The fourth-order valence-corrected chi connectivity index (χ4v) is 2.32. The van der Waals surface area contributed by atoms with Crippen molar-refractivity contribution in [3.63, 3.8) is 0 Å². The SMILES string of the molecule is CC1(C)OCC(NCCC(=O)N2CCCC2)CO1. The van der Waals surface area contributed by atoms with E-state index in [1.165, 1.54) is 0 Å². The lowest BCUT2D eigenvalue weighted by atomic mass is 10.2. The van der Waals surface area contributed by atoms with E-state index in [9.17, 15) is 4.79 Å². The highest BCUT2D eigenvalue weighted by molar-refractivity contribution is 5.76. The van der Waals surface area contributed by atoms with Crippen molar-refractivity contribution in [2.45, 2.75) is 44.9 Å². The van der Waals surface area contributed by atoms with Crippen molar-refractivity contribution >= 4 is 5.91 Å². The van der Waals surface area contributed by atoms with Crippen molar-refractivity contribution in [2.24, 2.45) is 0 Å². The van der Waals surface area contributed by atoms with Gasteiger partial charge in [0.05, 0.1) is 19.3 Å². The molecule has 2 heterocycles. The van der Waals surface area contributed by atoms with Crippen LogP contribution in [0.1, 0.15) is 33.1 Å². The molecule has 0 spiro atoms. The molecule has 2 fully saturated rings. The largest absolute Gasteiger partial charge is 0.349 e. The Labute approximate surface area is 109 Å². The number of carbonyl (C=O) groups is 1. The topological polar surface area (TPSA) is 50.8 Å². The van der Waals surface area contributed by atoms with Crippen LogP contribution in [0.3, 0.4) is 0 Å². The highest BCUT2D eigenvalue weighted by Gasteiger charge is 2.28. The minimum Gasteiger partial charge on any atom is -0.349 e. The van der Waals surface area contributed by atoms with Crippen LogP contribution in [-0.4, -0.2) is 55.5 Å². The van der Waals surface area contributed by atoms with E-state index in [1.807, 2.05) is 18.7 Å². The summed E-state index contributed by atoms with van der Waals surface area (Å²) in [6, 6.07) is 0.199. The van der Waals surface area contributed by atoms with Crippen molar-refractivity contribution in [3.05, 3.63) is 0 Å². The fourth-order valence-electron chi connectivity index (χ4n) is 2.32. The van der Waals surface area contributed by atoms with Crippen molar-refractivity contribution in [3.8, 4) is 0 Å². The third kappa shape index (κ3) is 3.93. The molecule has 0 unspecified atom stereocenters. The van der Waals surface area contributed by atoms with E-state index in [2.05, 4.69) is 5.32 Å². The summed E-state index contributed by atoms with van der Waals surface area (Å²) in [4.78, 5) is 13.8. The van der Waals surface area contributed by atoms with E-state index in [4.69, 9.17) is 9.47 Å². The lowest BCUT2D eigenvalue weighted by Gasteiger charge is -2.35. The molecule has 0 aromatic heterocycles. The molecule has 2 aliphatic rings. The Morgan fingerprint density at radius 1 is 1.28 bits per heavy atom. The molecule has 0 saturated carbocycles. The Kier molecular flexibility index (Phi) is 4.59. The lowest BCUT2D eigenvalue weighted by Crippen LogP contribution is -2.49. The molecule has 1 N–H and O–H groups in total. The van der Waals surface area contributed by atoms with Crippen LogP contribution in [0.15, 0.2) is 0 Å². The number of amides is 1. The first-order valence-electron chi connectivity index (χ1n) is 6.86. The first kappa shape index (κ1) is 13.8. The molecular formula is C13H24N2O3. The van der Waals surface area contributed by atoms with Gasteiger partial charge in [-0.2, -0.15) is 0 Å². The molecule has 0 aliphatic carbocycles. The van der Waals surface area contributed by atoms with Gasteiger partial charge in [0.15, 0.2) is 5.79 Å². The molecule has 0 aromatic rings. The summed E-state index contributed by atoms with van der Waals surface area (Å²) in [7, 11) is 0. The lowest BCUT2D eigenvalue weighted by molar-refractivity contribution is -0.252. The van der Waals surface area contributed by atoms with Crippen molar-refractivity contribution in [1.29, 1.82) is 0 Å². The molecule has 1 amide bonds. The highest BCUT2D eigenvalue weighted by Crippen LogP contribution is 2.16. The summed E-state index contributed by atoms with van der Waals surface area (Å²) >= 11 is 0. The standard InChI is InChI=1S/C13H24N2O3/c1-13(2)17-9-11(10-18-13)14-6-5-12(16)15-7-3-4-8-15/h11,14H,3-10H2,1-2H3. The van der Waals surface area contributed by atoms with Gasteiger partial charge in [-0.25, -0.2) is 0 Å². The first-order valence-corrected chi connectivity index (χ1v) is 6.86. The zero-order valence-electron chi connectivity index (χ0n) is 11.4. The summed E-state index contributed by atoms with van der Waals surface area (Å²) in [5.74, 6) is -0.207. The number of likely N-dealkylation sites (tertiary alicyclic amines) is 1. The molecule has 104 valence electrons. The number of carbonyl (C=O) groups excluding carboxylic acids is 1. The average molecular weight is 256 g/mol. The van der Waals surface area contributed by atoms with Crippen LogP contribution >= 0.6 is 0 Å². The van der Waals surface area contributed by atoms with E-state index in [0.717, 1.165) is 25.9 Å². The van der Waals surface area contributed by atoms with Gasteiger partial charge < -0.3 is 19.7 Å². The minimum atomic E-state index is -0.469. The smallest absolute Gasteiger partial charge is 0.223 e. The normalized spacial score (nSPS) is 24.4. The van der Waals surface area contributed by atoms with Gasteiger partial charge in [-0.3, -0.25) is 4.79 Å². The van der Waals surface area contributed by atoms with Gasteiger partial charge in [0.1, 0.15) is 0 Å². The van der Waals surface area contributed by atoms with E-state index in [0.29, 0.717) is 26.2 Å². The van der Waals surface area contributed by atoms with Gasteiger partial charge in [0.25, 0.3) is 0 Å². The second-order valence-electron chi connectivity index (χ2n) is 5.51. The number of ether oxygens (including phenoxy) is 2. The number of hydrogen-bond donors (Lipinski definition) is 1. The van der Waals surface area contributed by atoms with Crippen molar-refractivity contribution < 1.29 is 14.3 Å². The number of nitrogens with zero attached hydrogens (tertiary/aromatic N) is 1. The first-order chi connectivity index (χ1) is 8.57. The minimum absolute atomic E-state index is 0.199. The Morgan fingerprint density at radius 3 is 2.50 bits per heavy atom. The summed E-state index contributed by atoms with van der Waals surface area (Å²) in [6.45, 7) is 7.69. The summed E-state index contributed by atoms with van der Waals surface area (Å²) in [5, 5.41) is 3.32. The third-order valence-electron chi connectivity index (χ3n) is 3.49. The number of nitrogens with one attached hydrogen (secondary N) is 1. The fraction of sp³-hybridized carbons (Fsp3) is 0.923. The van der Waals surface area contributed by atoms with Gasteiger partial charge in [-0.05, 0) is 26.7 Å². The Hall–Kier alpha value is -0.650. The summed E-state index contributed by atoms with van der Waals surface area (Å²) < 4.78 is 11.1. The molecule has 2 saturated heterocycles. The van der Waals surface area contributed by atoms with E-state index in [-0.39, 0.29) is 11.9 Å². The van der Waals surface area contributed by atoms with Crippen LogP contribution in [0, 0.1) is 0 Å². The molecule has 0 aromatic carbocycles. The number of rotatable bonds is 4. The second-order valence-corrected chi connectivity index (χ2v) is 5.51. The molecule has 2 rings (SSSR count). The van der Waals surface area contributed by atoms with E-state index >= 15 is 0 Å². The van der Waals surface area contributed by atoms with Gasteiger partial charge in [0.2, 0.25) is 5.91 Å². The third-order valence-corrected chi connectivity index (χ3v) is 3.49. The zero-order chi connectivity index (χ0) is 13.0. The monoisotopic (exact) mass is 256 g/mol. The molecule has 0 bridgehead atoms. The van der Waals surface area contributed by atoms with Gasteiger partial charge in [-0.15, -0.1) is 0 Å². The maximum absolute atomic E-state index is 11.8. The number of hydrogen-bond acceptors (Lipinski definition) is 4. The predicted octanol–water partition coefficient (Wildman–Crippen LogP) is 0.740. The van der Waals surface area contributed by atoms with Crippen molar-refractivity contribution in [1.82, 2.24) is 10.2 Å². The molecule has 0 atom stereocenters. The molecule has 18 heavy (non-hydrogen) atoms. The van der Waals surface area contributed by atoms with Gasteiger partial charge in [-0.1, -0.05) is 0 Å². The van der Waals surface area contributed by atoms with Crippen molar-refractivity contribution in [2.75, 3.05) is 32.8 Å².